The zero-order chi connectivity index (χ0) is 10.8. The van der Waals surface area contributed by atoms with Gasteiger partial charge in [0.15, 0.2) is 0 Å². The number of carboxylic acids is 1. The van der Waals surface area contributed by atoms with E-state index in [1.807, 2.05) is 0 Å². The minimum atomic E-state index is -1.26. The summed E-state index contributed by atoms with van der Waals surface area (Å²) in [6, 6.07) is 0.0341. The molecule has 0 aromatic carbocycles. The third-order valence-electron chi connectivity index (χ3n) is 2.89. The number of carbonyl (C=O) groups is 1. The second-order valence-corrected chi connectivity index (χ2v) is 3.89. The van der Waals surface area contributed by atoms with Gasteiger partial charge in [-0.05, 0) is 12.8 Å². The van der Waals surface area contributed by atoms with E-state index in [0.29, 0.717) is 0 Å². The Morgan fingerprint density at radius 3 is 2.67 bits per heavy atom. The fraction of sp³-hybridized carbons (Fsp3) is 0.600. The lowest BCUT2D eigenvalue weighted by Gasteiger charge is -2.21. The van der Waals surface area contributed by atoms with Crippen LogP contribution >= 0.6 is 0 Å². The fourth-order valence-corrected chi connectivity index (χ4v) is 2.07. The first-order valence-corrected chi connectivity index (χ1v) is 5.16. The Kier molecular flexibility index (Phi) is 2.70. The van der Waals surface area contributed by atoms with Crippen molar-refractivity contribution in [2.24, 2.45) is 0 Å². The summed E-state index contributed by atoms with van der Waals surface area (Å²) in [5.74, 6) is -1.97. The molecule has 1 aromatic rings. The van der Waals surface area contributed by atoms with Crippen molar-refractivity contribution >= 4 is 5.97 Å². The van der Waals surface area contributed by atoms with Crippen LogP contribution in [0, 0.1) is 5.95 Å². The molecule has 0 aliphatic heterocycles. The zero-order valence-electron chi connectivity index (χ0n) is 8.32. The second-order valence-electron chi connectivity index (χ2n) is 3.89. The van der Waals surface area contributed by atoms with E-state index in [2.05, 4.69) is 5.10 Å². The van der Waals surface area contributed by atoms with Crippen LogP contribution in [-0.2, 0) is 0 Å². The van der Waals surface area contributed by atoms with E-state index in [4.69, 9.17) is 5.11 Å². The van der Waals surface area contributed by atoms with E-state index in [1.54, 1.807) is 0 Å². The van der Waals surface area contributed by atoms with Crippen LogP contribution in [0.2, 0.25) is 0 Å². The predicted molar refractivity (Wildman–Crippen MR) is 51.3 cm³/mol. The summed E-state index contributed by atoms with van der Waals surface area (Å²) in [5.41, 5.74) is -0.333. The van der Waals surface area contributed by atoms with Crippen LogP contribution < -0.4 is 0 Å². The maximum absolute atomic E-state index is 13.6. The lowest BCUT2D eigenvalue weighted by Crippen LogP contribution is -2.16. The second kappa shape index (κ2) is 4.00. The molecule has 1 saturated carbocycles. The number of hydrogen-bond acceptors (Lipinski definition) is 2. The molecule has 1 aliphatic rings. The van der Waals surface area contributed by atoms with Gasteiger partial charge in [-0.1, -0.05) is 19.3 Å². The molecule has 0 unspecified atom stereocenters. The molecule has 15 heavy (non-hydrogen) atoms. The van der Waals surface area contributed by atoms with Crippen molar-refractivity contribution in [3.05, 3.63) is 17.7 Å². The molecule has 1 heterocycles. The van der Waals surface area contributed by atoms with Crippen LogP contribution in [0.25, 0.3) is 0 Å². The predicted octanol–water partition coefficient (Wildman–Crippen LogP) is 2.23. The average Bonchev–Trinajstić information content (AvgIpc) is 2.61. The van der Waals surface area contributed by atoms with E-state index >= 15 is 0 Å². The molecular weight excluding hydrogens is 199 g/mol. The highest BCUT2D eigenvalue weighted by molar-refractivity contribution is 5.87. The van der Waals surface area contributed by atoms with Gasteiger partial charge >= 0.3 is 5.97 Å². The molecule has 0 amide bonds. The quantitative estimate of drug-likeness (QED) is 0.817. The third-order valence-corrected chi connectivity index (χ3v) is 2.89. The van der Waals surface area contributed by atoms with Gasteiger partial charge in [-0.15, -0.1) is 0 Å². The summed E-state index contributed by atoms with van der Waals surface area (Å²) in [6.45, 7) is 0. The molecule has 2 rings (SSSR count). The van der Waals surface area contributed by atoms with Gasteiger partial charge in [0.05, 0.1) is 12.2 Å². The van der Waals surface area contributed by atoms with Gasteiger partial charge < -0.3 is 5.11 Å². The van der Waals surface area contributed by atoms with Gasteiger partial charge in [0.25, 0.3) is 0 Å². The largest absolute Gasteiger partial charge is 0.477 e. The van der Waals surface area contributed by atoms with Crippen LogP contribution in [0.1, 0.15) is 48.5 Å². The van der Waals surface area contributed by atoms with Crippen molar-refractivity contribution in [1.29, 1.82) is 0 Å². The molecule has 82 valence electrons. The molecule has 1 aliphatic carbocycles. The van der Waals surface area contributed by atoms with Gasteiger partial charge in [0.2, 0.25) is 5.95 Å². The molecule has 1 aromatic heterocycles. The van der Waals surface area contributed by atoms with Crippen molar-refractivity contribution < 1.29 is 14.3 Å². The first-order valence-electron chi connectivity index (χ1n) is 5.16. The molecular formula is C10H13FN2O2. The monoisotopic (exact) mass is 212 g/mol. The Morgan fingerprint density at radius 1 is 1.47 bits per heavy atom. The SMILES string of the molecule is O=C(O)c1cnn(C2CCCCC2)c1F. The average molecular weight is 212 g/mol. The minimum Gasteiger partial charge on any atom is -0.477 e. The van der Waals surface area contributed by atoms with Gasteiger partial charge in [0, 0.05) is 0 Å². The molecule has 0 bridgehead atoms. The number of carboxylic acid groups (broad SMARTS) is 1. The van der Waals surface area contributed by atoms with Crippen molar-refractivity contribution in [2.75, 3.05) is 0 Å². The van der Waals surface area contributed by atoms with E-state index < -0.39 is 11.9 Å². The first kappa shape index (κ1) is 10.1. The highest BCUT2D eigenvalue weighted by Gasteiger charge is 2.23. The molecule has 0 saturated heterocycles. The summed E-state index contributed by atoms with van der Waals surface area (Å²) >= 11 is 0. The summed E-state index contributed by atoms with van der Waals surface area (Å²) in [4.78, 5) is 10.6. The highest BCUT2D eigenvalue weighted by Crippen LogP contribution is 2.28. The molecule has 5 heteroatoms. The molecule has 1 fully saturated rings. The lowest BCUT2D eigenvalue weighted by molar-refractivity contribution is 0.0690. The summed E-state index contributed by atoms with van der Waals surface area (Å²) < 4.78 is 14.8. The van der Waals surface area contributed by atoms with Crippen molar-refractivity contribution in [1.82, 2.24) is 9.78 Å². The topological polar surface area (TPSA) is 55.1 Å². The summed E-state index contributed by atoms with van der Waals surface area (Å²) in [7, 11) is 0. The third kappa shape index (κ3) is 1.86. The Bertz CT molecular complexity index is 369. The number of hydrogen-bond donors (Lipinski definition) is 1. The molecule has 4 nitrogen and oxygen atoms in total. The Morgan fingerprint density at radius 2 is 2.13 bits per heavy atom. The Labute approximate surface area is 86.7 Å². The van der Waals surface area contributed by atoms with Crippen LogP contribution in [-0.4, -0.2) is 20.9 Å². The van der Waals surface area contributed by atoms with E-state index in [-0.39, 0.29) is 11.6 Å². The van der Waals surface area contributed by atoms with E-state index in [0.717, 1.165) is 31.9 Å². The van der Waals surface area contributed by atoms with E-state index in [1.165, 1.54) is 11.1 Å². The Hall–Kier alpha value is -1.39. The van der Waals surface area contributed by atoms with Gasteiger partial charge in [-0.2, -0.15) is 9.49 Å². The maximum atomic E-state index is 13.6. The number of nitrogens with zero attached hydrogens (tertiary/aromatic N) is 2. The van der Waals surface area contributed by atoms with Crippen LogP contribution in [0.15, 0.2) is 6.20 Å². The minimum absolute atomic E-state index is 0.0341. The molecule has 1 N–H and O–H groups in total. The van der Waals surface area contributed by atoms with Gasteiger partial charge in [0.1, 0.15) is 5.56 Å². The Balaban J connectivity index is 2.24. The normalized spacial score (nSPS) is 17.9. The van der Waals surface area contributed by atoms with Crippen molar-refractivity contribution in [3.8, 4) is 0 Å². The van der Waals surface area contributed by atoms with Crippen LogP contribution in [0.4, 0.5) is 4.39 Å². The number of aromatic nitrogens is 2. The standard InChI is InChI=1S/C10H13FN2O2/c11-9-8(10(14)15)6-12-13(9)7-4-2-1-3-5-7/h6-7H,1-5H2,(H,14,15). The lowest BCUT2D eigenvalue weighted by atomic mass is 9.96. The van der Waals surface area contributed by atoms with Crippen molar-refractivity contribution in [3.63, 3.8) is 0 Å². The number of rotatable bonds is 2. The fourth-order valence-electron chi connectivity index (χ4n) is 2.07. The zero-order valence-corrected chi connectivity index (χ0v) is 8.32. The summed E-state index contributed by atoms with van der Waals surface area (Å²) in [5, 5.41) is 12.5. The maximum Gasteiger partial charge on any atom is 0.342 e. The first-order chi connectivity index (χ1) is 7.20. The van der Waals surface area contributed by atoms with Crippen LogP contribution in [0.3, 0.4) is 0 Å². The van der Waals surface area contributed by atoms with E-state index in [9.17, 15) is 9.18 Å². The molecule has 0 radical (unpaired) electrons. The van der Waals surface area contributed by atoms with Crippen molar-refractivity contribution in [2.45, 2.75) is 38.1 Å². The highest BCUT2D eigenvalue weighted by atomic mass is 19.1. The number of aromatic carboxylic acids is 1. The van der Waals surface area contributed by atoms with Gasteiger partial charge in [-0.3, -0.25) is 0 Å². The molecule has 0 spiro atoms. The smallest absolute Gasteiger partial charge is 0.342 e. The van der Waals surface area contributed by atoms with Crippen LogP contribution in [0.5, 0.6) is 0 Å². The summed E-state index contributed by atoms with van der Waals surface area (Å²) in [6.07, 6.45) is 6.16. The van der Waals surface area contributed by atoms with Gasteiger partial charge in [-0.25, -0.2) is 9.48 Å². The molecule has 0 atom stereocenters. The number of halogens is 1.